The molecule has 130 valence electrons. The lowest BCUT2D eigenvalue weighted by Crippen LogP contribution is -2.34. The van der Waals surface area contributed by atoms with Crippen LogP contribution in [0.15, 0.2) is 51.5 Å². The van der Waals surface area contributed by atoms with Gasteiger partial charge in [0.15, 0.2) is 5.76 Å². The zero-order valence-electron chi connectivity index (χ0n) is 13.9. The Morgan fingerprint density at radius 3 is 2.76 bits per heavy atom. The summed E-state index contributed by atoms with van der Waals surface area (Å²) in [5.74, 6) is 2.06. The van der Waals surface area contributed by atoms with Crippen LogP contribution in [0, 0.1) is 11.7 Å². The van der Waals surface area contributed by atoms with Gasteiger partial charge in [-0.15, -0.1) is 10.2 Å². The summed E-state index contributed by atoms with van der Waals surface area (Å²) < 4.78 is 24.2. The molecule has 0 atom stereocenters. The lowest BCUT2D eigenvalue weighted by molar-refractivity contribution is 0.164. The highest BCUT2D eigenvalue weighted by Gasteiger charge is 2.21. The second kappa shape index (κ2) is 7.19. The van der Waals surface area contributed by atoms with E-state index in [0.29, 0.717) is 30.0 Å². The van der Waals surface area contributed by atoms with Gasteiger partial charge in [-0.25, -0.2) is 4.39 Å². The number of benzene rings is 1. The molecule has 2 aromatic heterocycles. The molecule has 1 fully saturated rings. The molecule has 0 saturated carbocycles. The van der Waals surface area contributed by atoms with Crippen LogP contribution < -0.4 is 0 Å². The van der Waals surface area contributed by atoms with Gasteiger partial charge in [0, 0.05) is 0 Å². The van der Waals surface area contributed by atoms with Gasteiger partial charge in [-0.2, -0.15) is 0 Å². The lowest BCUT2D eigenvalue weighted by Gasteiger charge is -2.31. The van der Waals surface area contributed by atoms with Crippen LogP contribution in [0.4, 0.5) is 4.39 Å². The first kappa shape index (κ1) is 16.0. The zero-order chi connectivity index (χ0) is 17.1. The highest BCUT2D eigenvalue weighted by molar-refractivity contribution is 5.42. The Morgan fingerprint density at radius 1 is 1.12 bits per heavy atom. The van der Waals surface area contributed by atoms with Crippen molar-refractivity contribution in [2.75, 3.05) is 13.1 Å². The van der Waals surface area contributed by atoms with E-state index in [1.54, 1.807) is 30.5 Å². The second-order valence-electron chi connectivity index (χ2n) is 6.53. The quantitative estimate of drug-likeness (QED) is 0.704. The molecule has 1 aliphatic heterocycles. The molecular weight excluding hydrogens is 321 g/mol. The second-order valence-corrected chi connectivity index (χ2v) is 6.53. The molecule has 0 amide bonds. The van der Waals surface area contributed by atoms with Crippen molar-refractivity contribution in [3.63, 3.8) is 0 Å². The fourth-order valence-electron chi connectivity index (χ4n) is 3.35. The molecule has 0 radical (unpaired) electrons. The molecule has 0 spiro atoms. The number of aromatic nitrogens is 2. The number of halogens is 1. The van der Waals surface area contributed by atoms with Crippen molar-refractivity contribution in [1.82, 2.24) is 15.1 Å². The summed E-state index contributed by atoms with van der Waals surface area (Å²) in [7, 11) is 0. The van der Waals surface area contributed by atoms with Crippen LogP contribution in [0.3, 0.4) is 0 Å². The summed E-state index contributed by atoms with van der Waals surface area (Å²) in [6.07, 6.45) is 4.71. The number of piperidine rings is 1. The van der Waals surface area contributed by atoms with Crippen molar-refractivity contribution in [1.29, 1.82) is 0 Å². The number of likely N-dealkylation sites (tertiary alicyclic amines) is 1. The highest BCUT2D eigenvalue weighted by atomic mass is 19.1. The van der Waals surface area contributed by atoms with Crippen LogP contribution in [0.5, 0.6) is 0 Å². The fraction of sp³-hybridized carbons (Fsp3) is 0.368. The van der Waals surface area contributed by atoms with Crippen LogP contribution in [-0.4, -0.2) is 28.2 Å². The first-order valence-electron chi connectivity index (χ1n) is 8.59. The van der Waals surface area contributed by atoms with E-state index in [0.717, 1.165) is 37.9 Å². The predicted octanol–water partition coefficient (Wildman–Crippen LogP) is 3.92. The van der Waals surface area contributed by atoms with Gasteiger partial charge in [-0.3, -0.25) is 4.90 Å². The first-order valence-corrected chi connectivity index (χ1v) is 8.59. The SMILES string of the molecule is Fc1cccc(CC2CCN(Cc3nnc(-c4ccco4)o3)CC2)c1. The molecule has 25 heavy (non-hydrogen) atoms. The molecule has 4 rings (SSSR count). The normalized spacial score (nSPS) is 16.4. The van der Waals surface area contributed by atoms with E-state index >= 15 is 0 Å². The third-order valence-corrected chi connectivity index (χ3v) is 4.68. The van der Waals surface area contributed by atoms with Gasteiger partial charge in [0.1, 0.15) is 5.82 Å². The molecule has 1 aromatic carbocycles. The van der Waals surface area contributed by atoms with E-state index in [4.69, 9.17) is 8.83 Å². The van der Waals surface area contributed by atoms with Crippen molar-refractivity contribution >= 4 is 0 Å². The molecule has 0 N–H and O–H groups in total. The van der Waals surface area contributed by atoms with E-state index < -0.39 is 0 Å². The van der Waals surface area contributed by atoms with Gasteiger partial charge in [0.05, 0.1) is 12.8 Å². The standard InChI is InChI=1S/C19H20FN3O2/c20-16-4-1-3-15(12-16)11-14-6-8-23(9-7-14)13-18-21-22-19(25-18)17-5-2-10-24-17/h1-5,10,12,14H,6-9,11,13H2. The van der Waals surface area contributed by atoms with Crippen molar-refractivity contribution < 1.29 is 13.2 Å². The summed E-state index contributed by atoms with van der Waals surface area (Å²) in [4.78, 5) is 2.32. The molecule has 6 heteroatoms. The first-order chi connectivity index (χ1) is 12.3. The van der Waals surface area contributed by atoms with Crippen molar-refractivity contribution in [3.8, 4) is 11.7 Å². The zero-order valence-corrected chi connectivity index (χ0v) is 13.9. The third kappa shape index (κ3) is 3.96. The Labute approximate surface area is 145 Å². The number of nitrogens with zero attached hydrogens (tertiary/aromatic N) is 3. The van der Waals surface area contributed by atoms with E-state index in [1.165, 1.54) is 6.07 Å². The van der Waals surface area contributed by atoms with Crippen LogP contribution in [0.25, 0.3) is 11.7 Å². The van der Waals surface area contributed by atoms with Crippen molar-refractivity contribution in [3.05, 3.63) is 59.9 Å². The van der Waals surface area contributed by atoms with Crippen LogP contribution in [0.2, 0.25) is 0 Å². The minimum Gasteiger partial charge on any atom is -0.459 e. The van der Waals surface area contributed by atoms with Crippen molar-refractivity contribution in [2.24, 2.45) is 5.92 Å². The molecule has 3 aromatic rings. The van der Waals surface area contributed by atoms with Gasteiger partial charge >= 0.3 is 0 Å². The Morgan fingerprint density at radius 2 is 2.00 bits per heavy atom. The average molecular weight is 341 g/mol. The van der Waals surface area contributed by atoms with E-state index in [2.05, 4.69) is 15.1 Å². The predicted molar refractivity (Wildman–Crippen MR) is 90.1 cm³/mol. The lowest BCUT2D eigenvalue weighted by atomic mass is 9.90. The number of hydrogen-bond acceptors (Lipinski definition) is 5. The van der Waals surface area contributed by atoms with Gasteiger partial charge < -0.3 is 8.83 Å². The number of hydrogen-bond donors (Lipinski definition) is 0. The Kier molecular flexibility index (Phi) is 4.61. The topological polar surface area (TPSA) is 55.3 Å². The maximum absolute atomic E-state index is 13.3. The maximum Gasteiger partial charge on any atom is 0.283 e. The molecule has 3 heterocycles. The van der Waals surface area contributed by atoms with Gasteiger partial charge in [-0.1, -0.05) is 12.1 Å². The molecular formula is C19H20FN3O2. The monoisotopic (exact) mass is 341 g/mol. The maximum atomic E-state index is 13.3. The molecule has 0 unspecified atom stereocenters. The highest BCUT2D eigenvalue weighted by Crippen LogP contribution is 2.24. The van der Waals surface area contributed by atoms with Crippen LogP contribution >= 0.6 is 0 Å². The van der Waals surface area contributed by atoms with Crippen LogP contribution in [0.1, 0.15) is 24.3 Å². The molecule has 1 saturated heterocycles. The average Bonchev–Trinajstić information content (AvgIpc) is 3.28. The molecule has 0 aliphatic carbocycles. The summed E-state index contributed by atoms with van der Waals surface area (Å²) in [5.41, 5.74) is 1.08. The van der Waals surface area contributed by atoms with E-state index in [9.17, 15) is 4.39 Å². The number of furan rings is 1. The minimum absolute atomic E-state index is 0.154. The third-order valence-electron chi connectivity index (χ3n) is 4.68. The molecule has 5 nitrogen and oxygen atoms in total. The molecule has 1 aliphatic rings. The van der Waals surface area contributed by atoms with Gasteiger partial charge in [-0.05, 0) is 68.1 Å². The van der Waals surface area contributed by atoms with Gasteiger partial charge in [0.2, 0.25) is 5.89 Å². The summed E-state index contributed by atoms with van der Waals surface area (Å²) >= 11 is 0. The summed E-state index contributed by atoms with van der Waals surface area (Å²) in [6.45, 7) is 2.62. The minimum atomic E-state index is -0.154. The Hall–Kier alpha value is -2.47. The Balaban J connectivity index is 1.29. The van der Waals surface area contributed by atoms with Gasteiger partial charge in [0.25, 0.3) is 5.89 Å². The van der Waals surface area contributed by atoms with E-state index in [-0.39, 0.29) is 5.82 Å². The van der Waals surface area contributed by atoms with Crippen molar-refractivity contribution in [2.45, 2.75) is 25.8 Å². The Bertz CT molecular complexity index is 808. The fourth-order valence-corrected chi connectivity index (χ4v) is 3.35. The van der Waals surface area contributed by atoms with Crippen LogP contribution in [-0.2, 0) is 13.0 Å². The van der Waals surface area contributed by atoms with E-state index in [1.807, 2.05) is 6.07 Å². The summed E-state index contributed by atoms with van der Waals surface area (Å²) in [6, 6.07) is 10.5. The summed E-state index contributed by atoms with van der Waals surface area (Å²) in [5, 5.41) is 8.13. The molecule has 0 bridgehead atoms. The smallest absolute Gasteiger partial charge is 0.283 e. The number of rotatable bonds is 5. The largest absolute Gasteiger partial charge is 0.459 e.